The third-order valence-corrected chi connectivity index (χ3v) is 4.88. The number of fused-ring (bicyclic) bond motifs is 1. The van der Waals surface area contributed by atoms with Crippen molar-refractivity contribution in [2.45, 2.75) is 26.0 Å². The zero-order valence-corrected chi connectivity index (χ0v) is 16.9. The van der Waals surface area contributed by atoms with Gasteiger partial charge in [-0.25, -0.2) is 0 Å². The average Bonchev–Trinajstić information content (AvgIpc) is 2.76. The highest BCUT2D eigenvalue weighted by Crippen LogP contribution is 2.30. The summed E-state index contributed by atoms with van der Waals surface area (Å²) in [6, 6.07) is 16.2. The molecule has 1 N–H and O–H groups in total. The molecular formula is C23H23F2NO4. The molecule has 1 atom stereocenters. The molecular weight excluding hydrogens is 392 g/mol. The topological polar surface area (TPSA) is 56.8 Å². The summed E-state index contributed by atoms with van der Waals surface area (Å²) in [4.78, 5) is 12.6. The fraction of sp³-hybridized carbons (Fsp3) is 0.261. The van der Waals surface area contributed by atoms with E-state index in [0.29, 0.717) is 5.56 Å². The third kappa shape index (κ3) is 4.97. The van der Waals surface area contributed by atoms with Crippen molar-refractivity contribution in [1.29, 1.82) is 0 Å². The number of hydrogen-bond donors (Lipinski definition) is 1. The van der Waals surface area contributed by atoms with Gasteiger partial charge in [-0.05, 0) is 53.1 Å². The van der Waals surface area contributed by atoms with Crippen molar-refractivity contribution in [2.24, 2.45) is 0 Å². The zero-order valence-electron chi connectivity index (χ0n) is 16.9. The standard InChI is InChI=1S/C23H23F2NO4/c1-14(16-5-6-18-12-19(28-2)8-7-17(18)11-16)22(27)26-13-15-4-9-20(30-23(24)25)21(10-15)29-3/h4-12,14,23H,13H2,1-3H3,(H,26,27)/t14-/m0/s1. The van der Waals surface area contributed by atoms with Crippen LogP contribution in [0.25, 0.3) is 10.8 Å². The summed E-state index contributed by atoms with van der Waals surface area (Å²) < 4.78 is 39.6. The molecule has 0 radical (unpaired) electrons. The second kappa shape index (κ2) is 9.43. The summed E-state index contributed by atoms with van der Waals surface area (Å²) in [5.74, 6) is 0.403. The molecule has 0 spiro atoms. The van der Waals surface area contributed by atoms with Gasteiger partial charge in [0.1, 0.15) is 5.75 Å². The number of benzene rings is 3. The molecule has 158 valence electrons. The van der Waals surface area contributed by atoms with E-state index >= 15 is 0 Å². The van der Waals surface area contributed by atoms with Crippen LogP contribution in [0.15, 0.2) is 54.6 Å². The summed E-state index contributed by atoms with van der Waals surface area (Å²) in [7, 11) is 2.99. The van der Waals surface area contributed by atoms with Crippen molar-refractivity contribution >= 4 is 16.7 Å². The highest BCUT2D eigenvalue weighted by molar-refractivity contribution is 5.88. The summed E-state index contributed by atoms with van der Waals surface area (Å²) >= 11 is 0. The Kier molecular flexibility index (Phi) is 6.72. The number of ether oxygens (including phenoxy) is 3. The number of amides is 1. The quantitative estimate of drug-likeness (QED) is 0.570. The van der Waals surface area contributed by atoms with Crippen LogP contribution >= 0.6 is 0 Å². The van der Waals surface area contributed by atoms with Crippen LogP contribution in [0.4, 0.5) is 8.78 Å². The predicted molar refractivity (Wildman–Crippen MR) is 110 cm³/mol. The number of methoxy groups -OCH3 is 2. The van der Waals surface area contributed by atoms with Crippen LogP contribution in [0.3, 0.4) is 0 Å². The van der Waals surface area contributed by atoms with E-state index in [1.807, 2.05) is 43.3 Å². The van der Waals surface area contributed by atoms with Crippen LogP contribution in [-0.4, -0.2) is 26.7 Å². The molecule has 0 aliphatic rings. The van der Waals surface area contributed by atoms with E-state index in [9.17, 15) is 13.6 Å². The van der Waals surface area contributed by atoms with Crippen molar-refractivity contribution in [3.63, 3.8) is 0 Å². The van der Waals surface area contributed by atoms with Crippen LogP contribution in [-0.2, 0) is 11.3 Å². The maximum atomic E-state index is 12.6. The van der Waals surface area contributed by atoms with E-state index in [0.717, 1.165) is 22.1 Å². The average molecular weight is 415 g/mol. The smallest absolute Gasteiger partial charge is 0.387 e. The van der Waals surface area contributed by atoms with Gasteiger partial charge in [0.05, 0.1) is 20.1 Å². The van der Waals surface area contributed by atoms with Crippen molar-refractivity contribution in [2.75, 3.05) is 14.2 Å². The number of rotatable bonds is 8. The Bertz CT molecular complexity index is 1040. The van der Waals surface area contributed by atoms with Crippen molar-refractivity contribution in [3.05, 3.63) is 65.7 Å². The maximum Gasteiger partial charge on any atom is 0.387 e. The first-order chi connectivity index (χ1) is 14.4. The van der Waals surface area contributed by atoms with Crippen LogP contribution < -0.4 is 19.5 Å². The predicted octanol–water partition coefficient (Wildman–Crippen LogP) is 4.88. The Morgan fingerprint density at radius 1 is 0.933 bits per heavy atom. The molecule has 3 aromatic rings. The van der Waals surface area contributed by atoms with E-state index in [2.05, 4.69) is 10.1 Å². The van der Waals surface area contributed by atoms with Gasteiger partial charge in [0.2, 0.25) is 5.91 Å². The highest BCUT2D eigenvalue weighted by atomic mass is 19.3. The molecule has 0 aliphatic carbocycles. The Morgan fingerprint density at radius 2 is 1.67 bits per heavy atom. The minimum Gasteiger partial charge on any atom is -0.497 e. The lowest BCUT2D eigenvalue weighted by molar-refractivity contribution is -0.122. The molecule has 0 heterocycles. The molecule has 0 fully saturated rings. The van der Waals surface area contributed by atoms with Crippen LogP contribution in [0.5, 0.6) is 17.2 Å². The highest BCUT2D eigenvalue weighted by Gasteiger charge is 2.16. The summed E-state index contributed by atoms with van der Waals surface area (Å²) in [5.41, 5.74) is 1.60. The molecule has 30 heavy (non-hydrogen) atoms. The fourth-order valence-corrected chi connectivity index (χ4v) is 3.15. The monoisotopic (exact) mass is 415 g/mol. The van der Waals surface area contributed by atoms with Gasteiger partial charge in [0.15, 0.2) is 11.5 Å². The Hall–Kier alpha value is -3.35. The molecule has 3 rings (SSSR count). The minimum atomic E-state index is -2.94. The number of carbonyl (C=O) groups is 1. The minimum absolute atomic E-state index is 0.0521. The molecule has 0 aliphatic heterocycles. The molecule has 5 nitrogen and oxygen atoms in total. The first kappa shape index (κ1) is 21.4. The molecule has 7 heteroatoms. The zero-order chi connectivity index (χ0) is 21.7. The molecule has 3 aromatic carbocycles. The number of alkyl halides is 2. The second-order valence-corrected chi connectivity index (χ2v) is 6.78. The number of hydrogen-bond acceptors (Lipinski definition) is 4. The lowest BCUT2D eigenvalue weighted by atomic mass is 9.97. The Morgan fingerprint density at radius 3 is 2.37 bits per heavy atom. The van der Waals surface area contributed by atoms with Crippen molar-refractivity contribution in [3.8, 4) is 17.2 Å². The molecule has 0 unspecified atom stereocenters. The lowest BCUT2D eigenvalue weighted by Crippen LogP contribution is -2.27. The van der Waals surface area contributed by atoms with Gasteiger partial charge in [-0.15, -0.1) is 0 Å². The van der Waals surface area contributed by atoms with E-state index in [4.69, 9.17) is 9.47 Å². The van der Waals surface area contributed by atoms with Crippen LogP contribution in [0.1, 0.15) is 24.0 Å². The first-order valence-electron chi connectivity index (χ1n) is 9.38. The molecule has 0 bridgehead atoms. The van der Waals surface area contributed by atoms with Crippen molar-refractivity contribution < 1.29 is 27.8 Å². The van der Waals surface area contributed by atoms with E-state index < -0.39 is 6.61 Å². The Balaban J connectivity index is 1.67. The van der Waals surface area contributed by atoms with Crippen LogP contribution in [0, 0.1) is 0 Å². The summed E-state index contributed by atoms with van der Waals surface area (Å²) in [5, 5.41) is 4.92. The second-order valence-electron chi connectivity index (χ2n) is 6.78. The number of halogens is 2. The molecule has 0 saturated carbocycles. The normalized spacial score (nSPS) is 11.9. The van der Waals surface area contributed by atoms with Gasteiger partial charge < -0.3 is 19.5 Å². The lowest BCUT2D eigenvalue weighted by Gasteiger charge is -2.15. The van der Waals surface area contributed by atoms with Gasteiger partial charge >= 0.3 is 6.61 Å². The van der Waals surface area contributed by atoms with Gasteiger partial charge in [0, 0.05) is 6.54 Å². The number of nitrogens with one attached hydrogen (secondary N) is 1. The third-order valence-electron chi connectivity index (χ3n) is 4.88. The SMILES string of the molecule is COc1ccc2cc([C@H](C)C(=O)NCc3ccc(OC(F)F)c(OC)c3)ccc2c1. The van der Waals surface area contributed by atoms with Crippen molar-refractivity contribution in [1.82, 2.24) is 5.32 Å². The van der Waals surface area contributed by atoms with Crippen LogP contribution in [0.2, 0.25) is 0 Å². The summed E-state index contributed by atoms with van der Waals surface area (Å²) in [6.45, 7) is -0.868. The first-order valence-corrected chi connectivity index (χ1v) is 9.38. The van der Waals surface area contributed by atoms with Gasteiger partial charge in [-0.1, -0.05) is 30.3 Å². The molecule has 1 amide bonds. The van der Waals surface area contributed by atoms with Gasteiger partial charge in [-0.2, -0.15) is 8.78 Å². The summed E-state index contributed by atoms with van der Waals surface area (Å²) in [6.07, 6.45) is 0. The van der Waals surface area contributed by atoms with Gasteiger partial charge in [0.25, 0.3) is 0 Å². The molecule has 0 saturated heterocycles. The maximum absolute atomic E-state index is 12.6. The fourth-order valence-electron chi connectivity index (χ4n) is 3.15. The molecule has 0 aromatic heterocycles. The largest absolute Gasteiger partial charge is 0.497 e. The van der Waals surface area contributed by atoms with E-state index in [1.165, 1.54) is 13.2 Å². The number of carbonyl (C=O) groups excluding carboxylic acids is 1. The van der Waals surface area contributed by atoms with E-state index in [-0.39, 0.29) is 29.9 Å². The van der Waals surface area contributed by atoms with E-state index in [1.54, 1.807) is 19.2 Å². The van der Waals surface area contributed by atoms with Gasteiger partial charge in [-0.3, -0.25) is 4.79 Å². The Labute approximate surface area is 173 Å².